The van der Waals surface area contributed by atoms with Crippen LogP contribution >= 0.6 is 0 Å². The second-order valence-electron chi connectivity index (χ2n) is 6.97. The Balaban J connectivity index is 2.23. The van der Waals surface area contributed by atoms with Gasteiger partial charge in [0.2, 0.25) is 5.91 Å². The zero-order valence-corrected chi connectivity index (χ0v) is 14.4. The van der Waals surface area contributed by atoms with Crippen molar-refractivity contribution >= 4 is 11.9 Å². The number of aryl methyl sites for hydroxylation is 2. The molecule has 2 N–H and O–H groups in total. The number of ether oxygens (including phenoxy) is 1. The largest absolute Gasteiger partial charge is 0.492 e. The second-order valence-corrected chi connectivity index (χ2v) is 6.97. The number of fused-ring (bicyclic) bond motifs is 1. The van der Waals surface area contributed by atoms with Crippen LogP contribution in [-0.4, -0.2) is 29.1 Å². The van der Waals surface area contributed by atoms with Crippen LogP contribution in [0.25, 0.3) is 0 Å². The van der Waals surface area contributed by atoms with Crippen molar-refractivity contribution in [2.45, 2.75) is 52.5 Å². The summed E-state index contributed by atoms with van der Waals surface area (Å²) in [5.74, 6) is -0.738. The summed E-state index contributed by atoms with van der Waals surface area (Å²) >= 11 is 0. The molecule has 0 radical (unpaired) electrons. The predicted molar refractivity (Wildman–Crippen MR) is 87.8 cm³/mol. The Morgan fingerprint density at radius 2 is 1.96 bits per heavy atom. The average molecular weight is 319 g/mol. The van der Waals surface area contributed by atoms with Crippen molar-refractivity contribution in [1.82, 2.24) is 5.32 Å². The predicted octanol–water partition coefficient (Wildman–Crippen LogP) is 2.79. The van der Waals surface area contributed by atoms with E-state index in [9.17, 15) is 9.59 Å². The number of carbonyl (C=O) groups is 2. The van der Waals surface area contributed by atoms with Gasteiger partial charge in [0.1, 0.15) is 18.3 Å². The maximum absolute atomic E-state index is 12.7. The van der Waals surface area contributed by atoms with Crippen LogP contribution in [0.5, 0.6) is 5.75 Å². The van der Waals surface area contributed by atoms with Crippen molar-refractivity contribution in [3.63, 3.8) is 0 Å². The van der Waals surface area contributed by atoms with Gasteiger partial charge in [-0.25, -0.2) is 0 Å². The van der Waals surface area contributed by atoms with Crippen LogP contribution in [0.2, 0.25) is 0 Å². The molecule has 2 atom stereocenters. The molecule has 1 aliphatic rings. The number of benzene rings is 1. The standard InChI is InChI=1S/C18H25NO4/c1-10(2)18(5,8-16(20)21)19-17(22)14-9-23-15-7-12(4)11(3)6-13(14)15/h6-7,10,14H,8-9H2,1-5H3,(H,19,22)(H,20,21). The third kappa shape index (κ3) is 3.49. The lowest BCUT2D eigenvalue weighted by Crippen LogP contribution is -2.52. The topological polar surface area (TPSA) is 75.6 Å². The first kappa shape index (κ1) is 17.3. The zero-order valence-electron chi connectivity index (χ0n) is 14.4. The molecule has 1 aromatic carbocycles. The number of hydrogen-bond donors (Lipinski definition) is 2. The number of aliphatic carboxylic acids is 1. The van der Waals surface area contributed by atoms with Crippen molar-refractivity contribution in [1.29, 1.82) is 0 Å². The van der Waals surface area contributed by atoms with E-state index in [-0.39, 0.29) is 18.2 Å². The number of carboxylic acids is 1. The number of nitrogens with one attached hydrogen (secondary N) is 1. The highest BCUT2D eigenvalue weighted by molar-refractivity contribution is 5.87. The Hall–Kier alpha value is -2.04. The van der Waals surface area contributed by atoms with Crippen molar-refractivity contribution in [3.05, 3.63) is 28.8 Å². The minimum atomic E-state index is -0.920. The lowest BCUT2D eigenvalue weighted by Gasteiger charge is -2.34. The van der Waals surface area contributed by atoms with Crippen molar-refractivity contribution < 1.29 is 19.4 Å². The van der Waals surface area contributed by atoms with Gasteiger partial charge in [0.25, 0.3) is 0 Å². The van der Waals surface area contributed by atoms with Crippen LogP contribution in [0.1, 0.15) is 49.8 Å². The highest BCUT2D eigenvalue weighted by atomic mass is 16.5. The first-order valence-corrected chi connectivity index (χ1v) is 7.92. The van der Waals surface area contributed by atoms with E-state index >= 15 is 0 Å². The molecule has 23 heavy (non-hydrogen) atoms. The Bertz CT molecular complexity index is 638. The lowest BCUT2D eigenvalue weighted by atomic mass is 9.84. The fourth-order valence-corrected chi connectivity index (χ4v) is 2.76. The molecule has 0 aliphatic carbocycles. The normalized spacial score (nSPS) is 19.0. The fourth-order valence-electron chi connectivity index (χ4n) is 2.76. The summed E-state index contributed by atoms with van der Waals surface area (Å²) in [4.78, 5) is 23.8. The van der Waals surface area contributed by atoms with Crippen molar-refractivity contribution in [3.8, 4) is 5.75 Å². The minimum absolute atomic E-state index is 0.00379. The van der Waals surface area contributed by atoms with Gasteiger partial charge in [0.15, 0.2) is 0 Å². The molecule has 2 rings (SSSR count). The summed E-state index contributed by atoms with van der Waals surface area (Å²) in [6.07, 6.45) is -0.107. The summed E-state index contributed by atoms with van der Waals surface area (Å²) in [6.45, 7) is 9.92. The van der Waals surface area contributed by atoms with Crippen LogP contribution in [0, 0.1) is 19.8 Å². The first-order valence-electron chi connectivity index (χ1n) is 7.92. The quantitative estimate of drug-likeness (QED) is 0.875. The molecule has 1 aliphatic heterocycles. The van der Waals surface area contributed by atoms with Crippen LogP contribution in [0.15, 0.2) is 12.1 Å². The van der Waals surface area contributed by atoms with E-state index in [0.717, 1.165) is 22.4 Å². The number of hydrogen-bond acceptors (Lipinski definition) is 3. The van der Waals surface area contributed by atoms with Gasteiger partial charge in [-0.15, -0.1) is 0 Å². The maximum atomic E-state index is 12.7. The van der Waals surface area contributed by atoms with E-state index in [4.69, 9.17) is 9.84 Å². The lowest BCUT2D eigenvalue weighted by molar-refractivity contribution is -0.139. The van der Waals surface area contributed by atoms with Crippen LogP contribution in [0.4, 0.5) is 0 Å². The molecule has 2 unspecified atom stereocenters. The fraction of sp³-hybridized carbons (Fsp3) is 0.556. The monoisotopic (exact) mass is 319 g/mol. The Kier molecular flexibility index (Phi) is 4.68. The molecule has 126 valence electrons. The van der Waals surface area contributed by atoms with E-state index < -0.39 is 17.4 Å². The zero-order chi connectivity index (χ0) is 17.4. The average Bonchev–Trinajstić information content (AvgIpc) is 2.80. The van der Waals surface area contributed by atoms with Gasteiger partial charge >= 0.3 is 5.97 Å². The molecule has 0 saturated heterocycles. The highest BCUT2D eigenvalue weighted by Crippen LogP contribution is 2.36. The van der Waals surface area contributed by atoms with E-state index in [1.165, 1.54) is 0 Å². The second kappa shape index (κ2) is 6.22. The third-order valence-electron chi connectivity index (χ3n) is 4.93. The summed E-state index contributed by atoms with van der Waals surface area (Å²) in [5.41, 5.74) is 2.34. The summed E-state index contributed by atoms with van der Waals surface area (Å²) in [6, 6.07) is 3.95. The van der Waals surface area contributed by atoms with Gasteiger partial charge in [-0.05, 0) is 43.9 Å². The molecular weight excluding hydrogens is 294 g/mol. The molecule has 1 heterocycles. The molecule has 0 bridgehead atoms. The van der Waals surface area contributed by atoms with Crippen LogP contribution in [0.3, 0.4) is 0 Å². The summed E-state index contributed by atoms with van der Waals surface area (Å²) in [7, 11) is 0. The number of amides is 1. The van der Waals surface area contributed by atoms with Crippen molar-refractivity contribution in [2.24, 2.45) is 5.92 Å². The van der Waals surface area contributed by atoms with Gasteiger partial charge in [-0.2, -0.15) is 0 Å². The third-order valence-corrected chi connectivity index (χ3v) is 4.93. The summed E-state index contributed by atoms with van der Waals surface area (Å²) < 4.78 is 5.65. The highest BCUT2D eigenvalue weighted by Gasteiger charge is 2.38. The van der Waals surface area contributed by atoms with E-state index in [1.54, 1.807) is 6.92 Å². The van der Waals surface area contributed by atoms with E-state index in [2.05, 4.69) is 5.32 Å². The molecule has 5 nitrogen and oxygen atoms in total. The van der Waals surface area contributed by atoms with Gasteiger partial charge in [0, 0.05) is 11.1 Å². The molecule has 5 heteroatoms. The molecular formula is C18H25NO4. The first-order chi connectivity index (χ1) is 10.6. The molecule has 0 fully saturated rings. The number of carboxylic acid groups (broad SMARTS) is 1. The molecule has 0 spiro atoms. The van der Waals surface area contributed by atoms with E-state index in [0.29, 0.717) is 6.61 Å². The van der Waals surface area contributed by atoms with Gasteiger partial charge < -0.3 is 15.2 Å². The Labute approximate surface area is 137 Å². The molecule has 0 aromatic heterocycles. The van der Waals surface area contributed by atoms with Gasteiger partial charge in [-0.1, -0.05) is 19.9 Å². The maximum Gasteiger partial charge on any atom is 0.305 e. The minimum Gasteiger partial charge on any atom is -0.492 e. The summed E-state index contributed by atoms with van der Waals surface area (Å²) in [5, 5.41) is 12.1. The van der Waals surface area contributed by atoms with Crippen LogP contribution < -0.4 is 10.1 Å². The Morgan fingerprint density at radius 3 is 2.52 bits per heavy atom. The van der Waals surface area contributed by atoms with Crippen molar-refractivity contribution in [2.75, 3.05) is 6.61 Å². The van der Waals surface area contributed by atoms with Gasteiger partial charge in [-0.3, -0.25) is 9.59 Å². The smallest absolute Gasteiger partial charge is 0.305 e. The SMILES string of the molecule is Cc1cc2c(cc1C)C(C(=O)NC(C)(CC(=O)O)C(C)C)CO2. The number of carbonyl (C=O) groups excluding carboxylic acids is 1. The number of rotatable bonds is 5. The molecule has 1 amide bonds. The van der Waals surface area contributed by atoms with Crippen LogP contribution in [-0.2, 0) is 9.59 Å². The van der Waals surface area contributed by atoms with E-state index in [1.807, 2.05) is 39.8 Å². The molecule has 1 aromatic rings. The molecule has 0 saturated carbocycles. The Morgan fingerprint density at radius 1 is 1.35 bits per heavy atom. The van der Waals surface area contributed by atoms with Gasteiger partial charge in [0.05, 0.1) is 6.42 Å².